The van der Waals surface area contributed by atoms with E-state index in [0.717, 1.165) is 23.1 Å². The SMILES string of the molecule is CN1CCCC(F)(Sc2ccccc2)C1=O. The van der Waals surface area contributed by atoms with Crippen LogP contribution in [0, 0.1) is 0 Å². The Morgan fingerprint density at radius 2 is 2.06 bits per heavy atom. The van der Waals surface area contributed by atoms with Gasteiger partial charge in [-0.25, -0.2) is 4.39 Å². The van der Waals surface area contributed by atoms with Crippen molar-refractivity contribution in [3.63, 3.8) is 0 Å². The summed E-state index contributed by atoms with van der Waals surface area (Å²) in [5.41, 5.74) is 0. The Bertz CT molecular complexity index is 384. The van der Waals surface area contributed by atoms with Crippen LogP contribution in [-0.2, 0) is 4.79 Å². The fourth-order valence-corrected chi connectivity index (χ4v) is 2.96. The van der Waals surface area contributed by atoms with E-state index in [1.807, 2.05) is 30.3 Å². The second-order valence-corrected chi connectivity index (χ2v) is 5.30. The molecule has 1 saturated heterocycles. The summed E-state index contributed by atoms with van der Waals surface area (Å²) in [5, 5.41) is -1.78. The van der Waals surface area contributed by atoms with Crippen LogP contribution in [0.5, 0.6) is 0 Å². The van der Waals surface area contributed by atoms with Gasteiger partial charge >= 0.3 is 0 Å². The number of benzene rings is 1. The fraction of sp³-hybridized carbons (Fsp3) is 0.417. The Kier molecular flexibility index (Phi) is 3.19. The minimum atomic E-state index is -1.78. The molecule has 1 unspecified atom stereocenters. The topological polar surface area (TPSA) is 20.3 Å². The molecule has 16 heavy (non-hydrogen) atoms. The van der Waals surface area contributed by atoms with Crippen molar-refractivity contribution in [1.82, 2.24) is 4.90 Å². The molecule has 1 aliphatic rings. The van der Waals surface area contributed by atoms with Gasteiger partial charge in [0.05, 0.1) is 0 Å². The zero-order chi connectivity index (χ0) is 11.6. The molecule has 86 valence electrons. The number of carbonyl (C=O) groups is 1. The molecule has 1 atom stereocenters. The van der Waals surface area contributed by atoms with Gasteiger partial charge in [0, 0.05) is 24.9 Å². The normalized spacial score (nSPS) is 25.9. The molecule has 1 fully saturated rings. The number of carbonyl (C=O) groups excluding carboxylic acids is 1. The molecule has 2 nitrogen and oxygen atoms in total. The van der Waals surface area contributed by atoms with Crippen LogP contribution in [0.1, 0.15) is 12.8 Å². The number of hydrogen-bond acceptors (Lipinski definition) is 2. The number of amides is 1. The van der Waals surface area contributed by atoms with Crippen molar-refractivity contribution in [2.45, 2.75) is 22.7 Å². The maximum absolute atomic E-state index is 14.5. The highest BCUT2D eigenvalue weighted by Gasteiger charge is 2.44. The molecular formula is C12H14FNOS. The van der Waals surface area contributed by atoms with E-state index in [0.29, 0.717) is 13.0 Å². The molecule has 2 rings (SSSR count). The second-order valence-electron chi connectivity index (χ2n) is 3.97. The van der Waals surface area contributed by atoms with E-state index in [9.17, 15) is 9.18 Å². The van der Waals surface area contributed by atoms with Gasteiger partial charge < -0.3 is 4.90 Å². The monoisotopic (exact) mass is 239 g/mol. The first-order valence-electron chi connectivity index (χ1n) is 5.30. The van der Waals surface area contributed by atoms with Crippen LogP contribution in [0.25, 0.3) is 0 Å². The van der Waals surface area contributed by atoms with Gasteiger partial charge in [-0.15, -0.1) is 0 Å². The smallest absolute Gasteiger partial charge is 0.270 e. The Morgan fingerprint density at radius 3 is 2.75 bits per heavy atom. The Balaban J connectivity index is 2.16. The molecule has 1 amide bonds. The zero-order valence-electron chi connectivity index (χ0n) is 9.15. The molecule has 0 radical (unpaired) electrons. The van der Waals surface area contributed by atoms with Crippen molar-refractivity contribution in [2.75, 3.05) is 13.6 Å². The summed E-state index contributed by atoms with van der Waals surface area (Å²) in [6, 6.07) is 9.23. The Morgan fingerprint density at radius 1 is 1.38 bits per heavy atom. The lowest BCUT2D eigenvalue weighted by Crippen LogP contribution is -2.46. The first-order chi connectivity index (χ1) is 7.62. The predicted molar refractivity (Wildman–Crippen MR) is 63.0 cm³/mol. The highest BCUT2D eigenvalue weighted by molar-refractivity contribution is 8.01. The maximum Gasteiger partial charge on any atom is 0.270 e. The van der Waals surface area contributed by atoms with Crippen molar-refractivity contribution >= 4 is 17.7 Å². The van der Waals surface area contributed by atoms with Crippen molar-refractivity contribution < 1.29 is 9.18 Å². The number of rotatable bonds is 2. The summed E-state index contributed by atoms with van der Waals surface area (Å²) in [5.74, 6) is -0.410. The second kappa shape index (κ2) is 4.45. The van der Waals surface area contributed by atoms with E-state index < -0.39 is 10.9 Å². The zero-order valence-corrected chi connectivity index (χ0v) is 9.97. The van der Waals surface area contributed by atoms with Crippen LogP contribution in [-0.4, -0.2) is 29.4 Å². The molecule has 0 bridgehead atoms. The standard InChI is InChI=1S/C12H14FNOS/c1-14-9-5-8-12(13,11(14)15)16-10-6-3-2-4-7-10/h2-4,6-7H,5,8-9H2,1H3. The fourth-order valence-electron chi connectivity index (χ4n) is 1.81. The van der Waals surface area contributed by atoms with Gasteiger partial charge in [-0.05, 0) is 18.6 Å². The molecule has 0 spiro atoms. The summed E-state index contributed by atoms with van der Waals surface area (Å²) in [6.45, 7) is 0.653. The molecular weight excluding hydrogens is 225 g/mol. The number of hydrogen-bond donors (Lipinski definition) is 0. The van der Waals surface area contributed by atoms with Crippen LogP contribution in [0.3, 0.4) is 0 Å². The van der Waals surface area contributed by atoms with E-state index in [4.69, 9.17) is 0 Å². The third-order valence-electron chi connectivity index (χ3n) is 2.68. The summed E-state index contributed by atoms with van der Waals surface area (Å²) in [7, 11) is 1.65. The van der Waals surface area contributed by atoms with Gasteiger partial charge in [-0.2, -0.15) is 0 Å². The van der Waals surface area contributed by atoms with Crippen LogP contribution in [0.4, 0.5) is 4.39 Å². The molecule has 1 aromatic carbocycles. The van der Waals surface area contributed by atoms with E-state index in [2.05, 4.69) is 0 Å². The predicted octanol–water partition coefficient (Wildman–Crippen LogP) is 2.70. The lowest BCUT2D eigenvalue weighted by Gasteiger charge is -2.33. The number of nitrogens with zero attached hydrogens (tertiary/aromatic N) is 1. The van der Waals surface area contributed by atoms with Crippen molar-refractivity contribution in [1.29, 1.82) is 0 Å². The Labute approximate surface area is 98.8 Å². The highest BCUT2D eigenvalue weighted by Crippen LogP contribution is 2.41. The van der Waals surface area contributed by atoms with E-state index in [1.165, 1.54) is 4.90 Å². The quantitative estimate of drug-likeness (QED) is 0.791. The van der Waals surface area contributed by atoms with Gasteiger partial charge in [-0.1, -0.05) is 30.0 Å². The molecule has 1 aliphatic heterocycles. The Hall–Kier alpha value is -1.03. The summed E-state index contributed by atoms with van der Waals surface area (Å²) >= 11 is 1.02. The van der Waals surface area contributed by atoms with Gasteiger partial charge in [0.2, 0.25) is 5.00 Å². The first-order valence-corrected chi connectivity index (χ1v) is 6.12. The maximum atomic E-state index is 14.5. The van der Waals surface area contributed by atoms with Crippen LogP contribution in [0.15, 0.2) is 35.2 Å². The molecule has 0 aliphatic carbocycles. The number of piperidine rings is 1. The molecule has 0 saturated carbocycles. The number of alkyl halides is 1. The molecule has 1 heterocycles. The average Bonchev–Trinajstić information content (AvgIpc) is 2.27. The van der Waals surface area contributed by atoms with Gasteiger partial charge in [0.1, 0.15) is 0 Å². The van der Waals surface area contributed by atoms with Crippen molar-refractivity contribution in [3.8, 4) is 0 Å². The molecule has 0 N–H and O–H groups in total. The van der Waals surface area contributed by atoms with Crippen LogP contribution in [0.2, 0.25) is 0 Å². The minimum absolute atomic E-state index is 0.301. The van der Waals surface area contributed by atoms with Crippen LogP contribution < -0.4 is 0 Å². The molecule has 1 aromatic rings. The molecule has 0 aromatic heterocycles. The largest absolute Gasteiger partial charge is 0.342 e. The average molecular weight is 239 g/mol. The lowest BCUT2D eigenvalue weighted by atomic mass is 10.1. The third kappa shape index (κ3) is 2.21. The summed E-state index contributed by atoms with van der Waals surface area (Å²) in [4.78, 5) is 14.1. The van der Waals surface area contributed by atoms with E-state index in [1.54, 1.807) is 7.05 Å². The van der Waals surface area contributed by atoms with Crippen LogP contribution >= 0.6 is 11.8 Å². The highest BCUT2D eigenvalue weighted by atomic mass is 32.2. The van der Waals surface area contributed by atoms with Crippen molar-refractivity contribution in [2.24, 2.45) is 0 Å². The van der Waals surface area contributed by atoms with E-state index in [-0.39, 0.29) is 0 Å². The van der Waals surface area contributed by atoms with Crippen molar-refractivity contribution in [3.05, 3.63) is 30.3 Å². The lowest BCUT2D eigenvalue weighted by molar-refractivity contribution is -0.140. The van der Waals surface area contributed by atoms with Gasteiger partial charge in [0.25, 0.3) is 5.91 Å². The number of thioether (sulfide) groups is 1. The summed E-state index contributed by atoms with van der Waals surface area (Å²) < 4.78 is 14.5. The number of halogens is 1. The van der Waals surface area contributed by atoms with E-state index >= 15 is 0 Å². The third-order valence-corrected chi connectivity index (χ3v) is 3.89. The summed E-state index contributed by atoms with van der Waals surface area (Å²) in [6.07, 6.45) is 1.02. The van der Waals surface area contributed by atoms with Gasteiger partial charge in [-0.3, -0.25) is 4.79 Å². The molecule has 4 heteroatoms. The van der Waals surface area contributed by atoms with Gasteiger partial charge in [0.15, 0.2) is 0 Å². The number of likely N-dealkylation sites (tertiary alicyclic amines) is 1. The minimum Gasteiger partial charge on any atom is -0.342 e. The first kappa shape index (κ1) is 11.5.